The molecule has 0 aliphatic rings. The largest absolute Gasteiger partial charge is 0.497 e. The Balaban J connectivity index is 1.60. The van der Waals surface area contributed by atoms with Gasteiger partial charge in [-0.25, -0.2) is 4.98 Å². The van der Waals surface area contributed by atoms with Crippen LogP contribution in [0.4, 0.5) is 0 Å². The van der Waals surface area contributed by atoms with Crippen LogP contribution in [0.3, 0.4) is 0 Å². The Kier molecular flexibility index (Phi) is 4.02. The Morgan fingerprint density at radius 1 is 1.03 bits per heavy atom. The molecule has 0 amide bonds. The third kappa shape index (κ3) is 3.00. The van der Waals surface area contributed by atoms with Crippen LogP contribution < -0.4 is 10.3 Å². The van der Waals surface area contributed by atoms with Gasteiger partial charge in [-0.2, -0.15) is 9.50 Å². The lowest BCUT2D eigenvalue weighted by atomic mass is 10.2. The summed E-state index contributed by atoms with van der Waals surface area (Å²) in [6.45, 7) is 0.391. The number of benzene rings is 1. The van der Waals surface area contributed by atoms with E-state index in [4.69, 9.17) is 4.74 Å². The van der Waals surface area contributed by atoms with Crippen LogP contribution >= 0.6 is 0 Å². The Bertz CT molecular complexity index is 1370. The van der Waals surface area contributed by atoms with Gasteiger partial charge in [0, 0.05) is 24.2 Å². The Morgan fingerprint density at radius 2 is 1.90 bits per heavy atom. The van der Waals surface area contributed by atoms with Gasteiger partial charge in [-0.3, -0.25) is 9.78 Å². The van der Waals surface area contributed by atoms with Gasteiger partial charge in [-0.05, 0) is 42.5 Å². The zero-order valence-corrected chi connectivity index (χ0v) is 15.6. The van der Waals surface area contributed by atoms with Gasteiger partial charge < -0.3 is 9.30 Å². The van der Waals surface area contributed by atoms with Crippen molar-refractivity contribution in [2.75, 3.05) is 7.11 Å². The van der Waals surface area contributed by atoms with E-state index in [2.05, 4.69) is 20.1 Å². The molecule has 8 nitrogen and oxygen atoms in total. The Labute approximate surface area is 165 Å². The summed E-state index contributed by atoms with van der Waals surface area (Å²) in [7, 11) is 1.62. The number of nitrogens with zero attached hydrogens (tertiary/aromatic N) is 6. The molecule has 1 aromatic carbocycles. The maximum absolute atomic E-state index is 12.9. The van der Waals surface area contributed by atoms with Gasteiger partial charge in [-0.15, -0.1) is 5.10 Å². The van der Waals surface area contributed by atoms with Crippen LogP contribution in [0.1, 0.15) is 5.69 Å². The minimum Gasteiger partial charge on any atom is -0.497 e. The fourth-order valence-electron chi connectivity index (χ4n) is 3.21. The number of hydrogen-bond donors (Lipinski definition) is 0. The number of pyridine rings is 2. The molecule has 29 heavy (non-hydrogen) atoms. The molecule has 0 radical (unpaired) electrons. The molecule has 142 valence electrons. The predicted octanol–water partition coefficient (Wildman–Crippen LogP) is 2.56. The molecule has 8 heteroatoms. The molecule has 0 aliphatic heterocycles. The van der Waals surface area contributed by atoms with Crippen molar-refractivity contribution in [2.45, 2.75) is 6.54 Å². The summed E-state index contributed by atoms with van der Waals surface area (Å²) in [4.78, 5) is 26.0. The monoisotopic (exact) mass is 384 g/mol. The van der Waals surface area contributed by atoms with Crippen LogP contribution in [0.25, 0.3) is 28.1 Å². The maximum atomic E-state index is 12.9. The van der Waals surface area contributed by atoms with E-state index >= 15 is 0 Å². The van der Waals surface area contributed by atoms with Crippen molar-refractivity contribution >= 4 is 16.7 Å². The second-order valence-corrected chi connectivity index (χ2v) is 6.50. The lowest BCUT2D eigenvalue weighted by Gasteiger charge is -2.07. The van der Waals surface area contributed by atoms with E-state index in [9.17, 15) is 4.79 Å². The van der Waals surface area contributed by atoms with E-state index < -0.39 is 0 Å². The molecule has 0 aliphatic carbocycles. The van der Waals surface area contributed by atoms with Gasteiger partial charge in [0.15, 0.2) is 5.82 Å². The predicted molar refractivity (Wildman–Crippen MR) is 108 cm³/mol. The smallest absolute Gasteiger partial charge is 0.261 e. The van der Waals surface area contributed by atoms with Crippen molar-refractivity contribution in [3.63, 3.8) is 0 Å². The number of fused-ring (bicyclic) bond motifs is 3. The molecule has 0 unspecified atom stereocenters. The fourth-order valence-corrected chi connectivity index (χ4v) is 3.21. The van der Waals surface area contributed by atoms with Crippen molar-refractivity contribution in [1.82, 2.24) is 29.1 Å². The highest BCUT2D eigenvalue weighted by Crippen LogP contribution is 2.21. The normalized spacial score (nSPS) is 11.2. The average molecular weight is 384 g/mol. The minimum atomic E-state index is -0.149. The van der Waals surface area contributed by atoms with Gasteiger partial charge in [-0.1, -0.05) is 6.07 Å². The summed E-state index contributed by atoms with van der Waals surface area (Å²) >= 11 is 0. The molecule has 4 heterocycles. The highest BCUT2D eigenvalue weighted by Gasteiger charge is 2.13. The van der Waals surface area contributed by atoms with Crippen LogP contribution in [0, 0.1) is 0 Å². The molecular weight excluding hydrogens is 368 g/mol. The molecule has 5 rings (SSSR count). The topological polar surface area (TPSA) is 87.2 Å². The maximum Gasteiger partial charge on any atom is 0.261 e. The van der Waals surface area contributed by atoms with Gasteiger partial charge in [0.05, 0.1) is 30.3 Å². The van der Waals surface area contributed by atoms with E-state index in [0.29, 0.717) is 29.0 Å². The fraction of sp³-hybridized carbons (Fsp3) is 0.0952. The summed E-state index contributed by atoms with van der Waals surface area (Å²) in [5.41, 5.74) is 2.16. The third-order valence-electron chi connectivity index (χ3n) is 4.71. The second kappa shape index (κ2) is 6.83. The summed E-state index contributed by atoms with van der Waals surface area (Å²) in [6.07, 6.45) is 5.00. The van der Waals surface area contributed by atoms with Crippen molar-refractivity contribution < 1.29 is 4.74 Å². The van der Waals surface area contributed by atoms with E-state index in [1.165, 1.54) is 0 Å². The zero-order valence-electron chi connectivity index (χ0n) is 15.6. The number of rotatable bonds is 4. The Morgan fingerprint density at radius 3 is 2.66 bits per heavy atom. The average Bonchev–Trinajstić information content (AvgIpc) is 3.21. The molecule has 5 aromatic rings. The number of ether oxygens (including phenoxy) is 1. The first-order valence-electron chi connectivity index (χ1n) is 9.02. The van der Waals surface area contributed by atoms with Gasteiger partial charge >= 0.3 is 0 Å². The highest BCUT2D eigenvalue weighted by molar-refractivity contribution is 5.79. The van der Waals surface area contributed by atoms with E-state index in [-0.39, 0.29) is 5.56 Å². The number of aromatic nitrogens is 6. The van der Waals surface area contributed by atoms with Gasteiger partial charge in [0.2, 0.25) is 0 Å². The minimum absolute atomic E-state index is 0.149. The first-order chi connectivity index (χ1) is 14.2. The van der Waals surface area contributed by atoms with Crippen molar-refractivity contribution in [3.8, 4) is 17.1 Å². The van der Waals surface area contributed by atoms with Gasteiger partial charge in [0.1, 0.15) is 5.75 Å². The van der Waals surface area contributed by atoms with E-state index in [0.717, 1.165) is 17.0 Å². The molecule has 0 atom stereocenters. The molecule has 4 aromatic heterocycles. The second-order valence-electron chi connectivity index (χ2n) is 6.50. The lowest BCUT2D eigenvalue weighted by molar-refractivity contribution is 0.415. The molecule has 0 saturated heterocycles. The summed E-state index contributed by atoms with van der Waals surface area (Å²) in [5.74, 6) is 1.73. The van der Waals surface area contributed by atoms with E-state index in [1.807, 2.05) is 48.5 Å². The quantitative estimate of drug-likeness (QED) is 0.473. The molecule has 0 N–H and O–H groups in total. The first kappa shape index (κ1) is 17.1. The zero-order chi connectivity index (χ0) is 19.8. The van der Waals surface area contributed by atoms with Crippen LogP contribution in [-0.4, -0.2) is 36.2 Å². The summed E-state index contributed by atoms with van der Waals surface area (Å²) in [5, 5.41) is 5.04. The van der Waals surface area contributed by atoms with Crippen LogP contribution in [-0.2, 0) is 6.54 Å². The molecule has 0 saturated carbocycles. The SMILES string of the molecule is COc1ccc(-c2nc3ncc4c(=O)n(Cc5ccccn5)ccc4n3n2)cc1. The highest BCUT2D eigenvalue weighted by atomic mass is 16.5. The van der Waals surface area contributed by atoms with Crippen LogP contribution in [0.5, 0.6) is 5.75 Å². The van der Waals surface area contributed by atoms with Crippen molar-refractivity contribution in [1.29, 1.82) is 0 Å². The summed E-state index contributed by atoms with van der Waals surface area (Å²) in [6, 6.07) is 14.9. The van der Waals surface area contributed by atoms with Gasteiger partial charge in [0.25, 0.3) is 11.3 Å². The standard InChI is InChI=1S/C21H16N6O2/c1-29-16-7-5-14(6-8-16)19-24-21-23-12-17-18(27(21)25-19)9-11-26(20(17)28)13-15-4-2-3-10-22-15/h2-12H,13H2,1H3. The first-order valence-corrected chi connectivity index (χ1v) is 9.02. The number of methoxy groups -OCH3 is 1. The number of hydrogen-bond acceptors (Lipinski definition) is 6. The third-order valence-corrected chi connectivity index (χ3v) is 4.71. The molecular formula is C21H16N6O2. The van der Waals surface area contributed by atoms with Crippen molar-refractivity contribution in [3.05, 3.63) is 83.2 Å². The van der Waals surface area contributed by atoms with Crippen molar-refractivity contribution in [2.24, 2.45) is 0 Å². The van der Waals surface area contributed by atoms with Crippen LogP contribution in [0.15, 0.2) is 71.9 Å². The Hall–Kier alpha value is -4.07. The molecule has 0 fully saturated rings. The van der Waals surface area contributed by atoms with E-state index in [1.54, 1.807) is 34.8 Å². The lowest BCUT2D eigenvalue weighted by Crippen LogP contribution is -2.21. The molecule has 0 bridgehead atoms. The summed E-state index contributed by atoms with van der Waals surface area (Å²) < 4.78 is 8.40. The molecule has 0 spiro atoms. The van der Waals surface area contributed by atoms with Crippen LogP contribution in [0.2, 0.25) is 0 Å².